The Kier molecular flexibility index (Phi) is 3.06. The largest absolute Gasteiger partial charge is 0.380 e. The minimum Gasteiger partial charge on any atom is -0.380 e. The summed E-state index contributed by atoms with van der Waals surface area (Å²) < 4.78 is 17.8. The van der Waals surface area contributed by atoms with Crippen LogP contribution in [0.3, 0.4) is 0 Å². The summed E-state index contributed by atoms with van der Waals surface area (Å²) in [4.78, 5) is 0. The molecule has 0 N–H and O–H groups in total. The summed E-state index contributed by atoms with van der Waals surface area (Å²) in [5.41, 5.74) is 1.24. The van der Waals surface area contributed by atoms with Crippen LogP contribution in [0.5, 0.6) is 0 Å². The minimum absolute atomic E-state index is 0.244. The molecule has 0 heterocycles. The SMILES string of the molecule is COCc1cc(F)c(C)cc1Cl. The van der Waals surface area contributed by atoms with Gasteiger partial charge >= 0.3 is 0 Å². The van der Waals surface area contributed by atoms with Gasteiger partial charge in [0.1, 0.15) is 5.82 Å². The van der Waals surface area contributed by atoms with Crippen molar-refractivity contribution >= 4 is 11.6 Å². The second-order valence-electron chi connectivity index (χ2n) is 2.63. The predicted octanol–water partition coefficient (Wildman–Crippen LogP) is 2.93. The van der Waals surface area contributed by atoms with Crippen molar-refractivity contribution in [2.75, 3.05) is 7.11 Å². The van der Waals surface area contributed by atoms with Crippen LogP contribution in [0.2, 0.25) is 5.02 Å². The first-order chi connectivity index (χ1) is 5.65. The molecule has 0 spiro atoms. The fourth-order valence-electron chi connectivity index (χ4n) is 0.954. The third-order valence-corrected chi connectivity index (χ3v) is 1.98. The van der Waals surface area contributed by atoms with E-state index >= 15 is 0 Å². The van der Waals surface area contributed by atoms with Gasteiger partial charge < -0.3 is 4.74 Å². The molecule has 0 aliphatic carbocycles. The third-order valence-electron chi connectivity index (χ3n) is 1.63. The Morgan fingerprint density at radius 1 is 1.50 bits per heavy atom. The molecule has 0 unspecified atom stereocenters. The fraction of sp³-hybridized carbons (Fsp3) is 0.333. The summed E-state index contributed by atoms with van der Waals surface area (Å²) >= 11 is 5.83. The van der Waals surface area contributed by atoms with Gasteiger partial charge in [0.2, 0.25) is 0 Å². The lowest BCUT2D eigenvalue weighted by atomic mass is 10.1. The molecule has 12 heavy (non-hydrogen) atoms. The van der Waals surface area contributed by atoms with E-state index in [4.69, 9.17) is 16.3 Å². The molecule has 0 bridgehead atoms. The van der Waals surface area contributed by atoms with Gasteiger partial charge in [-0.25, -0.2) is 4.39 Å². The van der Waals surface area contributed by atoms with E-state index in [1.807, 2.05) is 0 Å². The summed E-state index contributed by atoms with van der Waals surface area (Å²) in [6.45, 7) is 2.02. The molecule has 0 atom stereocenters. The molecule has 1 aromatic rings. The van der Waals surface area contributed by atoms with Crippen molar-refractivity contribution in [3.8, 4) is 0 Å². The standard InChI is InChI=1S/C9H10ClFO/c1-6-3-8(10)7(5-12-2)4-9(6)11/h3-4H,5H2,1-2H3. The third kappa shape index (κ3) is 1.96. The Bertz CT molecular complexity index is 286. The molecule has 0 aromatic heterocycles. The Balaban J connectivity index is 3.05. The normalized spacial score (nSPS) is 10.3. The lowest BCUT2D eigenvalue weighted by Crippen LogP contribution is -1.92. The van der Waals surface area contributed by atoms with E-state index in [0.717, 1.165) is 0 Å². The van der Waals surface area contributed by atoms with Crippen LogP contribution in [-0.2, 0) is 11.3 Å². The van der Waals surface area contributed by atoms with Gasteiger partial charge in [-0.1, -0.05) is 11.6 Å². The van der Waals surface area contributed by atoms with Crippen LogP contribution in [0.25, 0.3) is 0 Å². The Morgan fingerprint density at radius 2 is 2.17 bits per heavy atom. The van der Waals surface area contributed by atoms with Gasteiger partial charge in [-0.15, -0.1) is 0 Å². The second-order valence-corrected chi connectivity index (χ2v) is 3.03. The van der Waals surface area contributed by atoms with E-state index in [9.17, 15) is 4.39 Å². The van der Waals surface area contributed by atoms with Crippen LogP contribution in [-0.4, -0.2) is 7.11 Å². The highest BCUT2D eigenvalue weighted by molar-refractivity contribution is 6.31. The van der Waals surface area contributed by atoms with Crippen molar-refractivity contribution in [3.05, 3.63) is 34.1 Å². The van der Waals surface area contributed by atoms with E-state index in [1.54, 1.807) is 20.1 Å². The molecule has 0 radical (unpaired) electrons. The van der Waals surface area contributed by atoms with Crippen LogP contribution >= 0.6 is 11.6 Å². The molecular weight excluding hydrogens is 179 g/mol. The summed E-state index contributed by atoms with van der Waals surface area (Å²) in [5, 5.41) is 0.552. The first-order valence-electron chi connectivity index (χ1n) is 3.58. The van der Waals surface area contributed by atoms with Gasteiger partial charge in [0.25, 0.3) is 0 Å². The van der Waals surface area contributed by atoms with Crippen LogP contribution in [0.1, 0.15) is 11.1 Å². The van der Waals surface area contributed by atoms with Gasteiger partial charge in [0, 0.05) is 12.1 Å². The molecule has 0 aliphatic rings. The fourth-order valence-corrected chi connectivity index (χ4v) is 1.23. The van der Waals surface area contributed by atoms with Crippen molar-refractivity contribution in [1.29, 1.82) is 0 Å². The van der Waals surface area contributed by atoms with E-state index in [1.165, 1.54) is 6.07 Å². The lowest BCUT2D eigenvalue weighted by molar-refractivity contribution is 0.184. The molecule has 0 amide bonds. The van der Waals surface area contributed by atoms with Crippen molar-refractivity contribution < 1.29 is 9.13 Å². The molecule has 1 rings (SSSR count). The average Bonchev–Trinajstić information content (AvgIpc) is 2.01. The van der Waals surface area contributed by atoms with Crippen molar-refractivity contribution in [1.82, 2.24) is 0 Å². The van der Waals surface area contributed by atoms with Crippen LogP contribution in [0, 0.1) is 12.7 Å². The smallest absolute Gasteiger partial charge is 0.126 e. The van der Waals surface area contributed by atoms with Crippen LogP contribution in [0.15, 0.2) is 12.1 Å². The van der Waals surface area contributed by atoms with Gasteiger partial charge in [0.05, 0.1) is 6.61 Å². The first kappa shape index (κ1) is 9.49. The van der Waals surface area contributed by atoms with Crippen molar-refractivity contribution in [2.45, 2.75) is 13.5 Å². The highest BCUT2D eigenvalue weighted by atomic mass is 35.5. The maximum Gasteiger partial charge on any atom is 0.126 e. The number of hydrogen-bond acceptors (Lipinski definition) is 1. The maximum absolute atomic E-state index is 13.0. The summed E-state index contributed by atoms with van der Waals surface area (Å²) in [6, 6.07) is 3.01. The Labute approximate surface area is 76.1 Å². The number of rotatable bonds is 2. The molecule has 1 aromatic carbocycles. The Morgan fingerprint density at radius 3 is 2.75 bits per heavy atom. The van der Waals surface area contributed by atoms with E-state index in [-0.39, 0.29) is 5.82 Å². The lowest BCUT2D eigenvalue weighted by Gasteiger charge is -2.04. The Hall–Kier alpha value is -0.600. The highest BCUT2D eigenvalue weighted by Crippen LogP contribution is 2.20. The minimum atomic E-state index is -0.244. The van der Waals surface area contributed by atoms with Gasteiger partial charge in [-0.05, 0) is 30.2 Å². The van der Waals surface area contributed by atoms with Crippen molar-refractivity contribution in [3.63, 3.8) is 0 Å². The zero-order valence-electron chi connectivity index (χ0n) is 7.03. The molecule has 0 fully saturated rings. The van der Waals surface area contributed by atoms with Gasteiger partial charge in [-0.3, -0.25) is 0 Å². The maximum atomic E-state index is 13.0. The van der Waals surface area contributed by atoms with Crippen LogP contribution in [0.4, 0.5) is 4.39 Å². The first-order valence-corrected chi connectivity index (χ1v) is 3.96. The molecule has 1 nitrogen and oxygen atoms in total. The molecule has 0 saturated carbocycles. The average molecular weight is 189 g/mol. The zero-order chi connectivity index (χ0) is 9.14. The molecule has 3 heteroatoms. The molecule has 0 aliphatic heterocycles. The molecule has 0 saturated heterocycles. The van der Waals surface area contributed by atoms with Gasteiger partial charge in [-0.2, -0.15) is 0 Å². The zero-order valence-corrected chi connectivity index (χ0v) is 7.78. The number of benzene rings is 1. The van der Waals surface area contributed by atoms with E-state index < -0.39 is 0 Å². The quantitative estimate of drug-likeness (QED) is 0.694. The van der Waals surface area contributed by atoms with Crippen LogP contribution < -0.4 is 0 Å². The summed E-state index contributed by atoms with van der Waals surface area (Å²) in [7, 11) is 1.55. The second kappa shape index (κ2) is 3.87. The predicted molar refractivity (Wildman–Crippen MR) is 46.9 cm³/mol. The number of ether oxygens (including phenoxy) is 1. The van der Waals surface area contributed by atoms with E-state index in [0.29, 0.717) is 22.8 Å². The monoisotopic (exact) mass is 188 g/mol. The number of methoxy groups -OCH3 is 1. The highest BCUT2D eigenvalue weighted by Gasteiger charge is 2.04. The summed E-state index contributed by atoms with van der Waals surface area (Å²) in [5.74, 6) is -0.244. The summed E-state index contributed by atoms with van der Waals surface area (Å²) in [6.07, 6.45) is 0. The molecule has 66 valence electrons. The topological polar surface area (TPSA) is 9.23 Å². The number of aryl methyl sites for hydroxylation is 1. The van der Waals surface area contributed by atoms with Gasteiger partial charge in [0.15, 0.2) is 0 Å². The van der Waals surface area contributed by atoms with E-state index in [2.05, 4.69) is 0 Å². The molecular formula is C9H10ClFO. The number of hydrogen-bond donors (Lipinski definition) is 0. The number of halogens is 2. The van der Waals surface area contributed by atoms with Crippen molar-refractivity contribution in [2.24, 2.45) is 0 Å².